The van der Waals surface area contributed by atoms with E-state index in [2.05, 4.69) is 26.3 Å². The molecule has 0 aliphatic heterocycles. The minimum Gasteiger partial charge on any atom is -0.383 e. The van der Waals surface area contributed by atoms with Crippen LogP contribution in [0.15, 0.2) is 15.5 Å². The first-order valence-corrected chi connectivity index (χ1v) is 6.84. The van der Waals surface area contributed by atoms with Gasteiger partial charge >= 0.3 is 6.18 Å². The largest absolute Gasteiger partial charge is 0.408 e. The van der Waals surface area contributed by atoms with Crippen molar-refractivity contribution in [3.63, 3.8) is 0 Å². The highest BCUT2D eigenvalue weighted by Gasteiger charge is 2.29. The number of nitrogens with one attached hydrogen (secondary N) is 1. The Hall–Kier alpha value is -1.58. The van der Waals surface area contributed by atoms with Crippen molar-refractivity contribution in [1.82, 2.24) is 9.78 Å². The van der Waals surface area contributed by atoms with Crippen LogP contribution in [0, 0.1) is 0 Å². The number of unbranched alkanes of at least 4 members (excludes halogenated alkanes) is 1. The van der Waals surface area contributed by atoms with Crippen LogP contribution in [0.2, 0.25) is 0 Å². The molecule has 1 amide bonds. The Bertz CT molecular complexity index is 559. The zero-order chi connectivity index (χ0) is 16.0. The summed E-state index contributed by atoms with van der Waals surface area (Å²) in [5, 5.41) is 6.33. The number of hydrogen-bond donors (Lipinski definition) is 2. The summed E-state index contributed by atoms with van der Waals surface area (Å²) in [7, 11) is 0. The van der Waals surface area contributed by atoms with Crippen LogP contribution in [0.1, 0.15) is 19.3 Å². The lowest BCUT2D eigenvalue weighted by Gasteiger charge is -2.11. The van der Waals surface area contributed by atoms with Crippen molar-refractivity contribution in [2.45, 2.75) is 32.0 Å². The van der Waals surface area contributed by atoms with Crippen molar-refractivity contribution < 1.29 is 18.0 Å². The number of nitrogens with two attached hydrogens (primary N) is 1. The summed E-state index contributed by atoms with van der Waals surface area (Å²) in [6, 6.07) is 0. The molecule has 0 fully saturated rings. The molecule has 0 radical (unpaired) electrons. The molecule has 1 heterocycles. The number of aromatic nitrogens is 2. The second kappa shape index (κ2) is 7.43. The van der Waals surface area contributed by atoms with E-state index >= 15 is 0 Å². The maximum Gasteiger partial charge on any atom is 0.408 e. The maximum absolute atomic E-state index is 12.2. The molecule has 0 unspecified atom stereocenters. The highest BCUT2D eigenvalue weighted by atomic mass is 79.9. The zero-order valence-corrected chi connectivity index (χ0v) is 12.5. The van der Waals surface area contributed by atoms with Crippen molar-refractivity contribution in [3.8, 4) is 0 Å². The van der Waals surface area contributed by atoms with E-state index in [1.807, 2.05) is 0 Å². The van der Waals surface area contributed by atoms with Gasteiger partial charge in [0, 0.05) is 13.0 Å². The third-order valence-electron chi connectivity index (χ3n) is 2.48. The Morgan fingerprint density at radius 1 is 1.43 bits per heavy atom. The van der Waals surface area contributed by atoms with E-state index in [1.165, 1.54) is 0 Å². The Morgan fingerprint density at radius 2 is 2.10 bits per heavy atom. The Labute approximate surface area is 126 Å². The normalized spacial score (nSPS) is 11.4. The van der Waals surface area contributed by atoms with Crippen molar-refractivity contribution in [1.29, 1.82) is 0 Å². The minimum atomic E-state index is -4.51. The number of amides is 1. The van der Waals surface area contributed by atoms with Gasteiger partial charge in [0.2, 0.25) is 5.91 Å². The van der Waals surface area contributed by atoms with Gasteiger partial charge in [-0.2, -0.15) is 18.3 Å². The van der Waals surface area contributed by atoms with E-state index in [1.54, 1.807) is 0 Å². The van der Waals surface area contributed by atoms with Gasteiger partial charge in [-0.25, -0.2) is 4.68 Å². The molecule has 0 saturated heterocycles. The average molecular weight is 371 g/mol. The lowest BCUT2D eigenvalue weighted by atomic mass is 10.2. The van der Waals surface area contributed by atoms with Gasteiger partial charge in [0.15, 0.2) is 0 Å². The quantitative estimate of drug-likeness (QED) is 0.713. The topological polar surface area (TPSA) is 90.0 Å². The van der Waals surface area contributed by atoms with Crippen LogP contribution in [-0.4, -0.2) is 28.4 Å². The summed E-state index contributed by atoms with van der Waals surface area (Å²) in [5.41, 5.74) is 4.42. The second-order valence-corrected chi connectivity index (χ2v) is 5.09. The highest BCUT2D eigenvalue weighted by molar-refractivity contribution is 9.10. The molecule has 118 valence electrons. The van der Waals surface area contributed by atoms with Crippen molar-refractivity contribution in [2.75, 3.05) is 11.9 Å². The fourth-order valence-corrected chi connectivity index (χ4v) is 1.97. The van der Waals surface area contributed by atoms with Crippen molar-refractivity contribution in [3.05, 3.63) is 21.0 Å². The number of primary amides is 1. The Morgan fingerprint density at radius 3 is 2.67 bits per heavy atom. The summed E-state index contributed by atoms with van der Waals surface area (Å²) >= 11 is 2.95. The van der Waals surface area contributed by atoms with E-state index in [-0.39, 0.29) is 10.9 Å². The van der Waals surface area contributed by atoms with Crippen LogP contribution in [0.3, 0.4) is 0 Å². The predicted molar refractivity (Wildman–Crippen MR) is 73.8 cm³/mol. The van der Waals surface area contributed by atoms with E-state index in [9.17, 15) is 22.8 Å². The number of halogens is 4. The van der Waals surface area contributed by atoms with Crippen LogP contribution in [0.4, 0.5) is 18.9 Å². The zero-order valence-electron chi connectivity index (χ0n) is 10.9. The highest BCUT2D eigenvalue weighted by Crippen LogP contribution is 2.19. The van der Waals surface area contributed by atoms with Gasteiger partial charge in [-0.15, -0.1) is 0 Å². The molecule has 0 atom stereocenters. The number of alkyl halides is 3. The standard InChI is InChI=1S/C11H14BrF3N4O2/c12-9-7(17-4-2-1-3-8(16)20)5-18-19(10(9)21)6-11(13,14)15/h5,17H,1-4,6H2,(H2,16,20). The molecule has 0 aliphatic rings. The third-order valence-corrected chi connectivity index (χ3v) is 3.25. The molecule has 0 saturated carbocycles. The fraction of sp³-hybridized carbons (Fsp3) is 0.545. The van der Waals surface area contributed by atoms with Gasteiger partial charge in [0.1, 0.15) is 11.0 Å². The first kappa shape index (κ1) is 17.5. The molecule has 0 spiro atoms. The van der Waals surface area contributed by atoms with Crippen LogP contribution >= 0.6 is 15.9 Å². The molecule has 21 heavy (non-hydrogen) atoms. The van der Waals surface area contributed by atoms with Crippen LogP contribution in [0.25, 0.3) is 0 Å². The fourth-order valence-electron chi connectivity index (χ4n) is 1.52. The van der Waals surface area contributed by atoms with E-state index in [0.29, 0.717) is 29.8 Å². The molecule has 1 aromatic rings. The number of rotatable bonds is 7. The van der Waals surface area contributed by atoms with Gasteiger partial charge in [0.25, 0.3) is 5.56 Å². The average Bonchev–Trinajstić information content (AvgIpc) is 2.35. The van der Waals surface area contributed by atoms with Gasteiger partial charge < -0.3 is 11.1 Å². The number of hydrogen-bond acceptors (Lipinski definition) is 4. The summed E-state index contributed by atoms with van der Waals surface area (Å²) in [6.07, 6.45) is -1.90. The van der Waals surface area contributed by atoms with Crippen LogP contribution in [0.5, 0.6) is 0 Å². The van der Waals surface area contributed by atoms with E-state index in [4.69, 9.17) is 5.73 Å². The Balaban J connectivity index is 2.63. The molecule has 10 heteroatoms. The summed E-state index contributed by atoms with van der Waals surface area (Å²) in [5.74, 6) is -0.396. The summed E-state index contributed by atoms with van der Waals surface area (Å²) in [4.78, 5) is 22.2. The first-order chi connectivity index (χ1) is 9.70. The SMILES string of the molecule is NC(=O)CCCCNc1cnn(CC(F)(F)F)c(=O)c1Br. The molecular weight excluding hydrogens is 357 g/mol. The van der Waals surface area contributed by atoms with Crippen molar-refractivity contribution >= 4 is 27.5 Å². The molecule has 1 aromatic heterocycles. The molecule has 1 rings (SSSR count). The summed E-state index contributed by atoms with van der Waals surface area (Å²) in [6.45, 7) is -1.00. The van der Waals surface area contributed by atoms with E-state index in [0.717, 1.165) is 6.20 Å². The molecule has 0 aliphatic carbocycles. The smallest absolute Gasteiger partial charge is 0.383 e. The van der Waals surface area contributed by atoms with Crippen LogP contribution in [-0.2, 0) is 11.3 Å². The maximum atomic E-state index is 12.2. The van der Waals surface area contributed by atoms with Gasteiger partial charge in [0.05, 0.1) is 11.9 Å². The number of nitrogens with zero attached hydrogens (tertiary/aromatic N) is 2. The lowest BCUT2D eigenvalue weighted by molar-refractivity contribution is -0.143. The minimum absolute atomic E-state index is 0.0170. The molecule has 6 nitrogen and oxygen atoms in total. The predicted octanol–water partition coefficient (Wildman–Crippen LogP) is 1.64. The summed E-state index contributed by atoms with van der Waals surface area (Å²) < 4.78 is 37.0. The number of anilines is 1. The molecule has 0 aromatic carbocycles. The second-order valence-electron chi connectivity index (χ2n) is 4.30. The first-order valence-electron chi connectivity index (χ1n) is 6.05. The number of carbonyl (C=O) groups excluding carboxylic acids is 1. The van der Waals surface area contributed by atoms with Gasteiger partial charge in [-0.05, 0) is 28.8 Å². The number of carbonyl (C=O) groups is 1. The van der Waals surface area contributed by atoms with Crippen LogP contribution < -0.4 is 16.6 Å². The molecule has 3 N–H and O–H groups in total. The Kier molecular flexibility index (Phi) is 6.19. The van der Waals surface area contributed by atoms with Gasteiger partial charge in [-0.3, -0.25) is 9.59 Å². The third kappa shape index (κ3) is 6.15. The monoisotopic (exact) mass is 370 g/mol. The molecular formula is C11H14BrF3N4O2. The van der Waals surface area contributed by atoms with Gasteiger partial charge in [-0.1, -0.05) is 0 Å². The molecule has 0 bridgehead atoms. The lowest BCUT2D eigenvalue weighted by Crippen LogP contribution is -2.31. The van der Waals surface area contributed by atoms with E-state index < -0.39 is 24.2 Å². The van der Waals surface area contributed by atoms with Crippen molar-refractivity contribution in [2.24, 2.45) is 5.73 Å².